The molecule has 0 fully saturated rings. The molecule has 2 aliphatic carbocycles. The molecule has 11 rings (SSSR count). The van der Waals surface area contributed by atoms with Crippen LogP contribution in [0.25, 0.3) is 60.5 Å². The van der Waals surface area contributed by atoms with Crippen molar-refractivity contribution in [2.45, 2.75) is 11.5 Å². The number of hydrogen-bond donors (Lipinski definition) is 0. The third-order valence-corrected chi connectivity index (χ3v) is 11.2. The van der Waals surface area contributed by atoms with Crippen molar-refractivity contribution in [1.29, 1.82) is 0 Å². The lowest BCUT2D eigenvalue weighted by molar-refractivity contribution is 0.141. The third kappa shape index (κ3) is 3.50. The quantitative estimate of drug-likeness (QED) is 0.186. The Morgan fingerprint density at radius 2 is 1.24 bits per heavy atom. The molecule has 8 aromatic rings. The van der Waals surface area contributed by atoms with Gasteiger partial charge in [-0.2, -0.15) is 0 Å². The highest BCUT2D eigenvalue weighted by atomic mass is 16.5. The zero-order valence-electron chi connectivity index (χ0n) is 26.8. The molecule has 230 valence electrons. The molecule has 7 aromatic carbocycles. The van der Waals surface area contributed by atoms with Crippen molar-refractivity contribution < 1.29 is 4.74 Å². The first-order valence-electron chi connectivity index (χ1n) is 17.2. The van der Waals surface area contributed by atoms with E-state index >= 15 is 0 Å². The molecular formula is C47H31NO. The van der Waals surface area contributed by atoms with E-state index in [2.05, 4.69) is 181 Å². The van der Waals surface area contributed by atoms with Gasteiger partial charge in [0.15, 0.2) is 0 Å². The van der Waals surface area contributed by atoms with Crippen LogP contribution in [0.5, 0.6) is 5.75 Å². The van der Waals surface area contributed by atoms with Gasteiger partial charge in [0.25, 0.3) is 0 Å². The molecule has 2 heteroatoms. The Morgan fingerprint density at radius 1 is 0.531 bits per heavy atom. The minimum absolute atomic E-state index is 0.0527. The molecule has 3 aliphatic rings. The zero-order valence-corrected chi connectivity index (χ0v) is 26.8. The minimum atomic E-state index is -0.384. The molecule has 0 radical (unpaired) electrons. The van der Waals surface area contributed by atoms with Crippen LogP contribution in [0.2, 0.25) is 0 Å². The van der Waals surface area contributed by atoms with E-state index in [0.717, 1.165) is 11.4 Å². The number of hydrogen-bond acceptors (Lipinski definition) is 1. The van der Waals surface area contributed by atoms with Gasteiger partial charge in [-0.1, -0.05) is 140 Å². The summed E-state index contributed by atoms with van der Waals surface area (Å²) in [6.45, 7) is 0. The number of rotatable bonds is 2. The van der Waals surface area contributed by atoms with Crippen molar-refractivity contribution in [2.24, 2.45) is 5.92 Å². The monoisotopic (exact) mass is 625 g/mol. The number of allylic oxidation sites excluding steroid dienone is 2. The van der Waals surface area contributed by atoms with Crippen LogP contribution in [0, 0.1) is 5.92 Å². The number of nitrogens with zero attached hydrogens (tertiary/aromatic N) is 1. The van der Waals surface area contributed by atoms with Crippen molar-refractivity contribution >= 4 is 32.6 Å². The van der Waals surface area contributed by atoms with Crippen molar-refractivity contribution in [2.75, 3.05) is 0 Å². The standard InChI is InChI=1S/C47H31NO/c1-2-14-32(15-3-1)48-42-23-12-19-33(45(42)37-27-25-30-13-4-5-16-34(30)46(37)48)31-26-28-44-41(29-31)47(40-22-10-11-24-43(40)49-44)38-20-8-6-17-35(38)36-18-7-9-21-39(36)47/h1-29,40,43H. The van der Waals surface area contributed by atoms with E-state index in [1.54, 1.807) is 0 Å². The molecule has 1 aliphatic heterocycles. The van der Waals surface area contributed by atoms with E-state index in [4.69, 9.17) is 4.74 Å². The second-order valence-electron chi connectivity index (χ2n) is 13.5. The van der Waals surface area contributed by atoms with Crippen molar-refractivity contribution in [3.63, 3.8) is 0 Å². The zero-order chi connectivity index (χ0) is 32.1. The van der Waals surface area contributed by atoms with Crippen LogP contribution in [0.4, 0.5) is 0 Å². The maximum Gasteiger partial charge on any atom is 0.125 e. The number of fused-ring (bicyclic) bond motifs is 14. The first-order chi connectivity index (χ1) is 24.3. The van der Waals surface area contributed by atoms with E-state index in [-0.39, 0.29) is 17.4 Å². The maximum absolute atomic E-state index is 6.87. The van der Waals surface area contributed by atoms with Gasteiger partial charge in [0.05, 0.1) is 16.4 Å². The Hall–Kier alpha value is -6.12. The normalized spacial score (nSPS) is 18.0. The van der Waals surface area contributed by atoms with Crippen LogP contribution < -0.4 is 4.74 Å². The predicted octanol–water partition coefficient (Wildman–Crippen LogP) is 11.4. The van der Waals surface area contributed by atoms with Crippen LogP contribution in [0.15, 0.2) is 176 Å². The number of ether oxygens (including phenoxy) is 1. The summed E-state index contributed by atoms with van der Waals surface area (Å²) in [4.78, 5) is 0. The molecule has 49 heavy (non-hydrogen) atoms. The van der Waals surface area contributed by atoms with Crippen molar-refractivity contribution in [1.82, 2.24) is 4.57 Å². The Morgan fingerprint density at radius 3 is 2.08 bits per heavy atom. The second kappa shape index (κ2) is 9.95. The summed E-state index contributed by atoms with van der Waals surface area (Å²) in [6, 6.07) is 55.9. The average molecular weight is 626 g/mol. The molecule has 0 N–H and O–H groups in total. The Bertz CT molecular complexity index is 2660. The molecule has 0 saturated carbocycles. The molecule has 0 amide bonds. The van der Waals surface area contributed by atoms with E-state index < -0.39 is 0 Å². The summed E-state index contributed by atoms with van der Waals surface area (Å²) in [5.41, 5.74) is 12.2. The lowest BCUT2D eigenvalue weighted by Gasteiger charge is -2.47. The van der Waals surface area contributed by atoms with Gasteiger partial charge in [-0.25, -0.2) is 0 Å². The Kier molecular flexibility index (Phi) is 5.46. The largest absolute Gasteiger partial charge is 0.485 e. The molecule has 1 aromatic heterocycles. The van der Waals surface area contributed by atoms with Gasteiger partial charge in [-0.3, -0.25) is 0 Å². The highest BCUT2D eigenvalue weighted by Gasteiger charge is 2.55. The molecule has 2 heterocycles. The van der Waals surface area contributed by atoms with Crippen LogP contribution in [-0.4, -0.2) is 10.7 Å². The lowest BCUT2D eigenvalue weighted by Crippen LogP contribution is -2.47. The molecule has 2 atom stereocenters. The fourth-order valence-electron chi connectivity index (χ4n) is 9.36. The Labute approximate surface area is 284 Å². The van der Waals surface area contributed by atoms with Crippen molar-refractivity contribution in [3.05, 3.63) is 193 Å². The van der Waals surface area contributed by atoms with Crippen molar-refractivity contribution in [3.8, 4) is 33.7 Å². The summed E-state index contributed by atoms with van der Waals surface area (Å²) >= 11 is 0. The first kappa shape index (κ1) is 26.9. The molecule has 0 saturated heterocycles. The SMILES string of the molecule is C1=CC2Oc3ccc(-c4cccc5c4c4ccc6ccccc6c4n5-c4ccccc4)cc3C3(c4ccccc4-c4ccccc43)C2C=C1. The Balaban J connectivity index is 1.24. The fraction of sp³-hybridized carbons (Fsp3) is 0.0638. The predicted molar refractivity (Wildman–Crippen MR) is 202 cm³/mol. The summed E-state index contributed by atoms with van der Waals surface area (Å²) in [5.74, 6) is 1.08. The average Bonchev–Trinajstić information content (AvgIpc) is 3.67. The summed E-state index contributed by atoms with van der Waals surface area (Å²) in [6.07, 6.45) is 8.89. The van der Waals surface area contributed by atoms with Crippen LogP contribution >= 0.6 is 0 Å². The highest BCUT2D eigenvalue weighted by molar-refractivity contribution is 6.22. The topological polar surface area (TPSA) is 14.2 Å². The van der Waals surface area contributed by atoms with E-state index in [9.17, 15) is 0 Å². The lowest BCUT2D eigenvalue weighted by atomic mass is 9.60. The van der Waals surface area contributed by atoms with Crippen LogP contribution in [-0.2, 0) is 5.41 Å². The van der Waals surface area contributed by atoms with E-state index in [0.29, 0.717) is 0 Å². The summed E-state index contributed by atoms with van der Waals surface area (Å²) in [5, 5.41) is 5.02. The number of benzene rings is 7. The second-order valence-corrected chi connectivity index (χ2v) is 13.5. The summed E-state index contributed by atoms with van der Waals surface area (Å²) < 4.78 is 9.32. The van der Waals surface area contributed by atoms with Gasteiger partial charge in [-0.15, -0.1) is 0 Å². The molecular weight excluding hydrogens is 595 g/mol. The van der Waals surface area contributed by atoms with E-state index in [1.807, 2.05) is 0 Å². The van der Waals surface area contributed by atoms with Gasteiger partial charge < -0.3 is 9.30 Å². The minimum Gasteiger partial charge on any atom is -0.485 e. The fourth-order valence-corrected chi connectivity index (χ4v) is 9.36. The van der Waals surface area contributed by atoms with Gasteiger partial charge in [0, 0.05) is 33.3 Å². The summed E-state index contributed by atoms with van der Waals surface area (Å²) in [7, 11) is 0. The van der Waals surface area contributed by atoms with Gasteiger partial charge in [0.2, 0.25) is 0 Å². The van der Waals surface area contributed by atoms with E-state index in [1.165, 1.54) is 71.5 Å². The van der Waals surface area contributed by atoms with Crippen LogP contribution in [0.1, 0.15) is 16.7 Å². The molecule has 1 spiro atoms. The van der Waals surface area contributed by atoms with Gasteiger partial charge in [0.1, 0.15) is 11.9 Å². The van der Waals surface area contributed by atoms with Gasteiger partial charge in [-0.05, 0) is 75.2 Å². The molecule has 2 nitrogen and oxygen atoms in total. The molecule has 2 unspecified atom stereocenters. The number of para-hydroxylation sites is 1. The number of aromatic nitrogens is 1. The highest BCUT2D eigenvalue weighted by Crippen LogP contribution is 2.62. The van der Waals surface area contributed by atoms with Gasteiger partial charge >= 0.3 is 0 Å². The first-order valence-corrected chi connectivity index (χ1v) is 17.2. The maximum atomic E-state index is 6.87. The molecule has 0 bridgehead atoms. The smallest absolute Gasteiger partial charge is 0.125 e. The van der Waals surface area contributed by atoms with Crippen LogP contribution in [0.3, 0.4) is 0 Å². The third-order valence-electron chi connectivity index (χ3n) is 11.2.